The summed E-state index contributed by atoms with van der Waals surface area (Å²) in [6.45, 7) is 3.71. The van der Waals surface area contributed by atoms with Crippen LogP contribution in [-0.2, 0) is 32.5 Å². The number of benzene rings is 2. The summed E-state index contributed by atoms with van der Waals surface area (Å²) >= 11 is 0. The lowest BCUT2D eigenvalue weighted by Crippen LogP contribution is -2.36. The Morgan fingerprint density at radius 3 is 1.82 bits per heavy atom. The molecule has 0 aromatic heterocycles. The minimum Gasteiger partial charge on any atom is -0.426 e. The van der Waals surface area contributed by atoms with Crippen molar-refractivity contribution in [2.75, 3.05) is 0 Å². The van der Waals surface area contributed by atoms with E-state index < -0.39 is 33.7 Å². The van der Waals surface area contributed by atoms with Gasteiger partial charge in [-0.25, -0.2) is 0 Å². The van der Waals surface area contributed by atoms with Crippen molar-refractivity contribution in [3.05, 3.63) is 59.7 Å². The van der Waals surface area contributed by atoms with Crippen LogP contribution in [0.2, 0.25) is 0 Å². The Morgan fingerprint density at radius 1 is 0.893 bits per heavy atom. The van der Waals surface area contributed by atoms with Crippen molar-refractivity contribution in [2.24, 2.45) is 0 Å². The first-order valence-corrected chi connectivity index (χ1v) is 10.3. The number of carbonyl (C=O) groups excluding carboxylic acids is 2. The SMILES string of the molecule is CCc1ccccc1OC(=O)CC(C(=O)Oc1ccccc1CC)S(=O)(=O)O. The van der Waals surface area contributed by atoms with E-state index >= 15 is 0 Å². The summed E-state index contributed by atoms with van der Waals surface area (Å²) in [6, 6.07) is 13.4. The van der Waals surface area contributed by atoms with Crippen molar-refractivity contribution in [1.29, 1.82) is 0 Å². The molecule has 0 heterocycles. The molecular formula is C20H22O7S. The second-order valence-corrected chi connectivity index (χ2v) is 7.62. The van der Waals surface area contributed by atoms with Gasteiger partial charge in [-0.15, -0.1) is 0 Å². The van der Waals surface area contributed by atoms with Crippen LogP contribution >= 0.6 is 0 Å². The maximum atomic E-state index is 12.4. The Morgan fingerprint density at radius 2 is 1.36 bits per heavy atom. The average Bonchev–Trinajstić information content (AvgIpc) is 2.66. The number of ether oxygens (including phenoxy) is 2. The van der Waals surface area contributed by atoms with E-state index in [1.165, 1.54) is 6.07 Å². The summed E-state index contributed by atoms with van der Waals surface area (Å²) in [5, 5.41) is -2.08. The van der Waals surface area contributed by atoms with Crippen LogP contribution in [-0.4, -0.2) is 30.2 Å². The summed E-state index contributed by atoms with van der Waals surface area (Å²) in [6.07, 6.45) is 0.279. The molecule has 1 unspecified atom stereocenters. The van der Waals surface area contributed by atoms with E-state index in [1.54, 1.807) is 42.5 Å². The van der Waals surface area contributed by atoms with Gasteiger partial charge in [0, 0.05) is 0 Å². The maximum absolute atomic E-state index is 12.4. The fourth-order valence-corrected chi connectivity index (χ4v) is 3.23. The zero-order valence-electron chi connectivity index (χ0n) is 15.6. The van der Waals surface area contributed by atoms with Crippen LogP contribution in [0.3, 0.4) is 0 Å². The first-order chi connectivity index (χ1) is 13.3. The second-order valence-electron chi connectivity index (χ2n) is 6.03. The third kappa shape index (κ3) is 5.64. The molecule has 2 aromatic rings. The molecule has 8 heteroatoms. The molecule has 0 aliphatic heterocycles. The zero-order chi connectivity index (χ0) is 20.7. The summed E-state index contributed by atoms with van der Waals surface area (Å²) in [4.78, 5) is 24.6. The molecule has 28 heavy (non-hydrogen) atoms. The summed E-state index contributed by atoms with van der Waals surface area (Å²) in [7, 11) is -4.88. The molecule has 0 aliphatic carbocycles. The molecule has 0 bridgehead atoms. The minimum atomic E-state index is -4.88. The fourth-order valence-electron chi connectivity index (χ4n) is 2.59. The van der Waals surface area contributed by atoms with Crippen molar-refractivity contribution in [2.45, 2.75) is 38.4 Å². The van der Waals surface area contributed by atoms with Gasteiger partial charge in [-0.2, -0.15) is 8.42 Å². The van der Waals surface area contributed by atoms with Crippen LogP contribution in [0.1, 0.15) is 31.4 Å². The first-order valence-electron chi connectivity index (χ1n) is 8.80. The zero-order valence-corrected chi connectivity index (χ0v) is 16.4. The molecule has 2 aromatic carbocycles. The molecule has 150 valence electrons. The van der Waals surface area contributed by atoms with E-state index in [2.05, 4.69) is 0 Å². The van der Waals surface area contributed by atoms with Gasteiger partial charge in [0.25, 0.3) is 10.1 Å². The van der Waals surface area contributed by atoms with Crippen LogP contribution in [0.4, 0.5) is 0 Å². The van der Waals surface area contributed by atoms with Crippen LogP contribution in [0.15, 0.2) is 48.5 Å². The molecule has 0 saturated carbocycles. The van der Waals surface area contributed by atoms with Gasteiger partial charge in [0.05, 0.1) is 6.42 Å². The number of hydrogen-bond donors (Lipinski definition) is 1. The molecule has 0 amide bonds. The molecule has 0 radical (unpaired) electrons. The van der Waals surface area contributed by atoms with Crippen molar-refractivity contribution >= 4 is 22.1 Å². The summed E-state index contributed by atoms with van der Waals surface area (Å²) in [5.41, 5.74) is 1.43. The highest BCUT2D eigenvalue weighted by Gasteiger charge is 2.36. The highest BCUT2D eigenvalue weighted by Crippen LogP contribution is 2.22. The fraction of sp³-hybridized carbons (Fsp3) is 0.300. The Labute approximate surface area is 164 Å². The minimum absolute atomic E-state index is 0.174. The van der Waals surface area contributed by atoms with Gasteiger partial charge in [0.1, 0.15) is 11.5 Å². The standard InChI is InChI=1S/C20H22O7S/c1-3-14-9-5-7-11-16(14)26-19(21)13-18(28(23,24)25)20(22)27-17-12-8-6-10-15(17)4-2/h5-12,18H,3-4,13H2,1-2H3,(H,23,24,25). The Kier molecular flexibility index (Phi) is 7.31. The second kappa shape index (κ2) is 9.48. The molecule has 1 N–H and O–H groups in total. The van der Waals surface area contributed by atoms with E-state index in [4.69, 9.17) is 9.47 Å². The van der Waals surface area contributed by atoms with E-state index in [0.29, 0.717) is 18.4 Å². The van der Waals surface area contributed by atoms with E-state index in [0.717, 1.165) is 5.56 Å². The van der Waals surface area contributed by atoms with Crippen molar-refractivity contribution < 1.29 is 32.0 Å². The highest BCUT2D eigenvalue weighted by molar-refractivity contribution is 7.87. The van der Waals surface area contributed by atoms with Gasteiger partial charge in [0.2, 0.25) is 0 Å². The van der Waals surface area contributed by atoms with Gasteiger partial charge < -0.3 is 9.47 Å². The Bertz CT molecular complexity index is 951. The lowest BCUT2D eigenvalue weighted by atomic mass is 10.1. The molecule has 0 fully saturated rings. The number of aryl methyl sites for hydroxylation is 2. The number of para-hydroxylation sites is 2. The normalized spacial score (nSPS) is 12.2. The predicted molar refractivity (Wildman–Crippen MR) is 103 cm³/mol. The highest BCUT2D eigenvalue weighted by atomic mass is 32.2. The van der Waals surface area contributed by atoms with Gasteiger partial charge in [-0.1, -0.05) is 50.2 Å². The Hall–Kier alpha value is -2.71. The van der Waals surface area contributed by atoms with Crippen LogP contribution in [0.25, 0.3) is 0 Å². The smallest absolute Gasteiger partial charge is 0.332 e. The average molecular weight is 406 g/mol. The summed E-state index contributed by atoms with van der Waals surface area (Å²) < 4.78 is 43.1. The maximum Gasteiger partial charge on any atom is 0.332 e. The van der Waals surface area contributed by atoms with Crippen molar-refractivity contribution in [1.82, 2.24) is 0 Å². The van der Waals surface area contributed by atoms with Crippen LogP contribution in [0.5, 0.6) is 11.5 Å². The molecule has 2 rings (SSSR count). The first kappa shape index (κ1) is 21.6. The summed E-state index contributed by atoms with van der Waals surface area (Å²) in [5.74, 6) is -1.77. The van der Waals surface area contributed by atoms with Gasteiger partial charge in [0.15, 0.2) is 5.25 Å². The third-order valence-electron chi connectivity index (χ3n) is 4.12. The predicted octanol–water partition coefficient (Wildman–Crippen LogP) is 2.97. The molecule has 7 nitrogen and oxygen atoms in total. The Balaban J connectivity index is 2.17. The van der Waals surface area contributed by atoms with E-state index in [1.807, 2.05) is 13.8 Å². The molecule has 0 aliphatic rings. The third-order valence-corrected chi connectivity index (χ3v) is 5.19. The lowest BCUT2D eigenvalue weighted by molar-refractivity contribution is -0.140. The van der Waals surface area contributed by atoms with E-state index in [9.17, 15) is 22.6 Å². The molecule has 0 saturated heterocycles. The van der Waals surface area contributed by atoms with Gasteiger partial charge in [-0.3, -0.25) is 14.1 Å². The molecular weight excluding hydrogens is 384 g/mol. The topological polar surface area (TPSA) is 107 Å². The lowest BCUT2D eigenvalue weighted by Gasteiger charge is -2.15. The van der Waals surface area contributed by atoms with Crippen LogP contribution < -0.4 is 9.47 Å². The number of esters is 2. The van der Waals surface area contributed by atoms with E-state index in [-0.39, 0.29) is 11.5 Å². The number of carbonyl (C=O) groups is 2. The quantitative estimate of drug-likeness (QED) is 0.408. The van der Waals surface area contributed by atoms with Crippen molar-refractivity contribution in [3.63, 3.8) is 0 Å². The largest absolute Gasteiger partial charge is 0.426 e. The number of rotatable bonds is 8. The van der Waals surface area contributed by atoms with Crippen molar-refractivity contribution in [3.8, 4) is 11.5 Å². The van der Waals surface area contributed by atoms with Crippen LogP contribution in [0, 0.1) is 0 Å². The molecule has 1 atom stereocenters. The number of hydrogen-bond acceptors (Lipinski definition) is 6. The molecule has 0 spiro atoms. The van der Waals surface area contributed by atoms with Gasteiger partial charge in [-0.05, 0) is 36.1 Å². The van der Waals surface area contributed by atoms with Gasteiger partial charge >= 0.3 is 11.9 Å². The monoisotopic (exact) mass is 406 g/mol.